The number of piperazine rings is 1. The van der Waals surface area contributed by atoms with Crippen molar-refractivity contribution in [3.8, 4) is 0 Å². The molecule has 3 heteroatoms. The quantitative estimate of drug-likeness (QED) is 0.813. The largest absolute Gasteiger partial charge is 0.374 e. The molecule has 0 aliphatic carbocycles. The molecule has 0 saturated carbocycles. The molecule has 100 valence electrons. The first-order valence-corrected chi connectivity index (χ1v) is 7.23. The molecule has 0 amide bonds. The average molecular weight is 240 g/mol. The van der Waals surface area contributed by atoms with E-state index in [2.05, 4.69) is 31.0 Å². The molecule has 2 heterocycles. The molecular weight excluding hydrogens is 212 g/mol. The lowest BCUT2D eigenvalue weighted by Crippen LogP contribution is -2.61. The summed E-state index contributed by atoms with van der Waals surface area (Å²) in [5, 5.41) is 3.72. The molecule has 1 N–H and O–H groups in total. The Bertz CT molecular complexity index is 243. The molecule has 1 atom stereocenters. The van der Waals surface area contributed by atoms with Gasteiger partial charge in [0.15, 0.2) is 0 Å². The van der Waals surface area contributed by atoms with Gasteiger partial charge in [0.2, 0.25) is 0 Å². The van der Waals surface area contributed by atoms with Gasteiger partial charge in [0, 0.05) is 38.3 Å². The van der Waals surface area contributed by atoms with Crippen LogP contribution in [-0.4, -0.2) is 48.8 Å². The van der Waals surface area contributed by atoms with Crippen LogP contribution >= 0.6 is 0 Å². The third-order valence-corrected chi connectivity index (χ3v) is 4.67. The van der Waals surface area contributed by atoms with Crippen LogP contribution in [0.2, 0.25) is 0 Å². The summed E-state index contributed by atoms with van der Waals surface area (Å²) in [5.74, 6) is 0. The number of nitrogens with zero attached hydrogens (tertiary/aromatic N) is 1. The molecule has 2 rings (SSSR count). The summed E-state index contributed by atoms with van der Waals surface area (Å²) in [7, 11) is 0. The number of rotatable bonds is 4. The summed E-state index contributed by atoms with van der Waals surface area (Å²) >= 11 is 0. The maximum atomic E-state index is 5.92. The standard InChI is InChI=1S/C14H28N2O/c1-4-14(5-2)12-16(9-8-15-14)11-13(3)7-6-10-17-13/h15H,4-12H2,1-3H3. The second-order valence-electron chi connectivity index (χ2n) is 6.03. The zero-order chi connectivity index (χ0) is 12.4. The molecule has 0 bridgehead atoms. The van der Waals surface area contributed by atoms with Crippen LogP contribution in [0.3, 0.4) is 0 Å². The van der Waals surface area contributed by atoms with E-state index in [1.54, 1.807) is 0 Å². The van der Waals surface area contributed by atoms with E-state index in [1.807, 2.05) is 0 Å². The van der Waals surface area contributed by atoms with Gasteiger partial charge in [0.25, 0.3) is 0 Å². The Kier molecular flexibility index (Phi) is 4.11. The van der Waals surface area contributed by atoms with Gasteiger partial charge < -0.3 is 10.1 Å². The van der Waals surface area contributed by atoms with Gasteiger partial charge in [-0.25, -0.2) is 0 Å². The second kappa shape index (κ2) is 5.25. The molecule has 2 aliphatic rings. The van der Waals surface area contributed by atoms with Gasteiger partial charge in [0.1, 0.15) is 0 Å². The molecule has 0 aromatic heterocycles. The maximum Gasteiger partial charge on any atom is 0.0781 e. The average Bonchev–Trinajstić information content (AvgIpc) is 2.76. The predicted molar refractivity (Wildman–Crippen MR) is 71.3 cm³/mol. The van der Waals surface area contributed by atoms with Crippen LogP contribution in [0.5, 0.6) is 0 Å². The van der Waals surface area contributed by atoms with Gasteiger partial charge in [-0.05, 0) is 32.6 Å². The van der Waals surface area contributed by atoms with Gasteiger partial charge in [0.05, 0.1) is 5.60 Å². The Labute approximate surface area is 106 Å². The highest BCUT2D eigenvalue weighted by molar-refractivity contribution is 4.95. The molecule has 0 spiro atoms. The van der Waals surface area contributed by atoms with Crippen molar-refractivity contribution in [2.75, 3.05) is 32.8 Å². The summed E-state index contributed by atoms with van der Waals surface area (Å²) in [4.78, 5) is 2.61. The summed E-state index contributed by atoms with van der Waals surface area (Å²) in [6, 6.07) is 0. The minimum Gasteiger partial charge on any atom is -0.374 e. The van der Waals surface area contributed by atoms with Gasteiger partial charge in [-0.1, -0.05) is 13.8 Å². The number of hydrogen-bond donors (Lipinski definition) is 1. The smallest absolute Gasteiger partial charge is 0.0781 e. The van der Waals surface area contributed by atoms with Crippen molar-refractivity contribution in [2.45, 2.75) is 57.6 Å². The fourth-order valence-electron chi connectivity index (χ4n) is 3.34. The van der Waals surface area contributed by atoms with Crippen LogP contribution in [-0.2, 0) is 4.74 Å². The van der Waals surface area contributed by atoms with Gasteiger partial charge in [-0.3, -0.25) is 4.90 Å². The molecule has 3 nitrogen and oxygen atoms in total. The highest BCUT2D eigenvalue weighted by Gasteiger charge is 2.37. The first-order chi connectivity index (χ1) is 8.11. The van der Waals surface area contributed by atoms with Crippen LogP contribution in [0.15, 0.2) is 0 Å². The fraction of sp³-hybridized carbons (Fsp3) is 1.00. The highest BCUT2D eigenvalue weighted by Crippen LogP contribution is 2.28. The van der Waals surface area contributed by atoms with E-state index < -0.39 is 0 Å². The molecule has 2 fully saturated rings. The second-order valence-corrected chi connectivity index (χ2v) is 6.03. The lowest BCUT2D eigenvalue weighted by molar-refractivity contribution is -0.0222. The molecule has 1 unspecified atom stereocenters. The molecule has 2 saturated heterocycles. The fourth-order valence-corrected chi connectivity index (χ4v) is 3.34. The Morgan fingerprint density at radius 3 is 2.65 bits per heavy atom. The zero-order valence-electron chi connectivity index (χ0n) is 11.7. The van der Waals surface area contributed by atoms with Crippen molar-refractivity contribution in [3.63, 3.8) is 0 Å². The normalized spacial score (nSPS) is 34.1. The van der Waals surface area contributed by atoms with E-state index in [0.29, 0.717) is 5.54 Å². The van der Waals surface area contributed by atoms with E-state index >= 15 is 0 Å². The van der Waals surface area contributed by atoms with Crippen LogP contribution in [0.4, 0.5) is 0 Å². The Morgan fingerprint density at radius 2 is 2.06 bits per heavy atom. The van der Waals surface area contributed by atoms with E-state index in [0.717, 1.165) is 19.7 Å². The van der Waals surface area contributed by atoms with Gasteiger partial charge in [-0.2, -0.15) is 0 Å². The minimum atomic E-state index is 0.116. The van der Waals surface area contributed by atoms with Crippen LogP contribution in [0.1, 0.15) is 46.5 Å². The van der Waals surface area contributed by atoms with Crippen molar-refractivity contribution in [1.82, 2.24) is 10.2 Å². The third-order valence-electron chi connectivity index (χ3n) is 4.67. The van der Waals surface area contributed by atoms with E-state index in [4.69, 9.17) is 4.74 Å². The Balaban J connectivity index is 1.93. The van der Waals surface area contributed by atoms with Crippen LogP contribution in [0, 0.1) is 0 Å². The van der Waals surface area contributed by atoms with Crippen molar-refractivity contribution >= 4 is 0 Å². The number of ether oxygens (including phenoxy) is 1. The summed E-state index contributed by atoms with van der Waals surface area (Å²) in [6.07, 6.45) is 4.90. The monoisotopic (exact) mass is 240 g/mol. The van der Waals surface area contributed by atoms with E-state index in [1.165, 1.54) is 38.8 Å². The van der Waals surface area contributed by atoms with Crippen molar-refractivity contribution < 1.29 is 4.74 Å². The Morgan fingerprint density at radius 1 is 1.29 bits per heavy atom. The lowest BCUT2D eigenvalue weighted by atomic mass is 9.89. The first-order valence-electron chi connectivity index (χ1n) is 7.23. The van der Waals surface area contributed by atoms with Gasteiger partial charge in [-0.15, -0.1) is 0 Å². The van der Waals surface area contributed by atoms with Crippen molar-refractivity contribution in [1.29, 1.82) is 0 Å². The summed E-state index contributed by atoms with van der Waals surface area (Å²) in [6.45, 7) is 12.4. The van der Waals surface area contributed by atoms with Crippen LogP contribution in [0.25, 0.3) is 0 Å². The molecule has 0 aromatic carbocycles. The molecular formula is C14H28N2O. The van der Waals surface area contributed by atoms with Gasteiger partial charge >= 0.3 is 0 Å². The minimum absolute atomic E-state index is 0.116. The first kappa shape index (κ1) is 13.3. The Hall–Kier alpha value is -0.120. The maximum absolute atomic E-state index is 5.92. The number of nitrogens with one attached hydrogen (secondary N) is 1. The summed E-state index contributed by atoms with van der Waals surface area (Å²) < 4.78 is 5.92. The summed E-state index contributed by atoms with van der Waals surface area (Å²) in [5.41, 5.74) is 0.456. The molecule has 2 aliphatic heterocycles. The highest BCUT2D eigenvalue weighted by atomic mass is 16.5. The number of hydrogen-bond acceptors (Lipinski definition) is 3. The third kappa shape index (κ3) is 3.01. The zero-order valence-corrected chi connectivity index (χ0v) is 11.7. The predicted octanol–water partition coefficient (Wildman–Crippen LogP) is 2.02. The van der Waals surface area contributed by atoms with Crippen molar-refractivity contribution in [2.24, 2.45) is 0 Å². The lowest BCUT2D eigenvalue weighted by Gasteiger charge is -2.45. The van der Waals surface area contributed by atoms with Crippen molar-refractivity contribution in [3.05, 3.63) is 0 Å². The molecule has 0 radical (unpaired) electrons. The van der Waals surface area contributed by atoms with E-state index in [9.17, 15) is 0 Å². The van der Waals surface area contributed by atoms with E-state index in [-0.39, 0.29) is 5.60 Å². The molecule has 17 heavy (non-hydrogen) atoms. The topological polar surface area (TPSA) is 24.5 Å². The SMILES string of the molecule is CCC1(CC)CN(CC2(C)CCCO2)CCN1. The molecule has 0 aromatic rings. The van der Waals surface area contributed by atoms with Crippen LogP contribution < -0.4 is 5.32 Å².